The molecule has 0 bridgehead atoms. The fourth-order valence-corrected chi connectivity index (χ4v) is 7.59. The number of nitrogens with zero attached hydrogens (tertiary/aromatic N) is 3. The highest BCUT2D eigenvalue weighted by atomic mass is 35.5. The lowest BCUT2D eigenvalue weighted by Gasteiger charge is -2.42. The summed E-state index contributed by atoms with van der Waals surface area (Å²) in [5.41, 5.74) is 2.78. The van der Waals surface area contributed by atoms with E-state index in [9.17, 15) is 4.57 Å². The smallest absolute Gasteiger partial charge is 0.144 e. The first-order valence-corrected chi connectivity index (χ1v) is 17.2. The van der Waals surface area contributed by atoms with E-state index in [4.69, 9.17) is 16.3 Å². The predicted octanol–water partition coefficient (Wildman–Crippen LogP) is 3.94. The molecule has 0 aromatic heterocycles. The van der Waals surface area contributed by atoms with E-state index < -0.39 is 7.14 Å². The van der Waals surface area contributed by atoms with Gasteiger partial charge in [-0.3, -0.25) is 10.2 Å². The van der Waals surface area contributed by atoms with Gasteiger partial charge in [-0.25, -0.2) is 0 Å². The number of methoxy groups -OCH3 is 1. The Morgan fingerprint density at radius 2 is 1.69 bits per heavy atom. The van der Waals surface area contributed by atoms with E-state index in [1.807, 2.05) is 24.3 Å². The summed E-state index contributed by atoms with van der Waals surface area (Å²) in [6.07, 6.45) is 3.16. The lowest BCUT2D eigenvalue weighted by Crippen LogP contribution is -2.52. The molecule has 8 nitrogen and oxygen atoms in total. The van der Waals surface area contributed by atoms with Crippen LogP contribution < -0.4 is 30.9 Å². The minimum Gasteiger partial charge on any atom is -0.495 e. The summed E-state index contributed by atoms with van der Waals surface area (Å²) in [6, 6.07) is 15.0. The average molecular weight is 575 g/mol. The maximum Gasteiger partial charge on any atom is 0.144 e. The van der Waals surface area contributed by atoms with Gasteiger partial charge in [0, 0.05) is 74.5 Å². The number of benzene rings is 2. The molecule has 39 heavy (non-hydrogen) atoms. The number of hydrogen-bond acceptors (Lipinski definition) is 8. The predicted molar refractivity (Wildman–Crippen MR) is 165 cm³/mol. The molecule has 3 saturated heterocycles. The number of rotatable bonds is 8. The summed E-state index contributed by atoms with van der Waals surface area (Å²) in [7, 11) is 1.54. The van der Waals surface area contributed by atoms with Crippen LogP contribution >= 0.6 is 18.7 Å². The first-order valence-electron chi connectivity index (χ1n) is 14.1. The van der Waals surface area contributed by atoms with Crippen molar-refractivity contribution in [1.29, 1.82) is 0 Å². The SMILES string of the molecule is COc1cc(N2CCC(N3CCN(C)CC3)CC2)ccc1NC1CC(Nc2ccccc2P(C)(C)=O)C(Cl)N1. The zero-order valence-corrected chi connectivity index (χ0v) is 25.3. The van der Waals surface area contributed by atoms with E-state index in [1.165, 1.54) is 44.7 Å². The number of anilines is 3. The van der Waals surface area contributed by atoms with Gasteiger partial charge in [0.15, 0.2) is 0 Å². The standard InChI is InChI=1S/C29H44ClN6O2P/c1-34-15-17-36(18-16-34)21-11-13-35(14-12-21)22-9-10-23(26(19-22)38-2)32-28-20-25(29(30)33-28)31-24-7-5-6-8-27(24)39(3,4)37/h5-10,19,21,25,28-29,31-33H,11-18,20H2,1-4H3. The molecule has 5 rings (SSSR count). The molecule has 3 aliphatic rings. The Labute approximate surface area is 238 Å². The van der Waals surface area contributed by atoms with Gasteiger partial charge >= 0.3 is 0 Å². The quantitative estimate of drug-likeness (QED) is 0.249. The summed E-state index contributed by atoms with van der Waals surface area (Å²) < 4.78 is 18.6. The summed E-state index contributed by atoms with van der Waals surface area (Å²) in [5.74, 6) is 0.835. The third-order valence-electron chi connectivity index (χ3n) is 8.43. The van der Waals surface area contributed by atoms with E-state index in [0.717, 1.165) is 41.9 Å². The monoisotopic (exact) mass is 574 g/mol. The molecular weight excluding hydrogens is 531 g/mol. The number of ether oxygens (including phenoxy) is 1. The van der Waals surface area contributed by atoms with Gasteiger partial charge in [-0.1, -0.05) is 12.1 Å². The van der Waals surface area contributed by atoms with Crippen LogP contribution in [0.25, 0.3) is 0 Å². The number of likely N-dealkylation sites (N-methyl/N-ethyl adjacent to an activating group) is 1. The maximum atomic E-state index is 12.8. The van der Waals surface area contributed by atoms with Crippen molar-refractivity contribution in [3.8, 4) is 5.75 Å². The van der Waals surface area contributed by atoms with E-state index in [0.29, 0.717) is 6.04 Å². The molecule has 3 heterocycles. The normalized spacial score (nSPS) is 25.6. The lowest BCUT2D eigenvalue weighted by atomic mass is 10.0. The number of para-hydroxylation sites is 1. The Bertz CT molecular complexity index is 1160. The number of alkyl halides is 1. The Kier molecular flexibility index (Phi) is 8.99. The Hall–Kier alpha value is -1.96. The van der Waals surface area contributed by atoms with Crippen molar-refractivity contribution in [2.45, 2.75) is 43.0 Å². The third-order valence-corrected chi connectivity index (χ3v) is 10.4. The molecule has 0 radical (unpaired) electrons. The van der Waals surface area contributed by atoms with E-state index in [-0.39, 0.29) is 17.7 Å². The summed E-state index contributed by atoms with van der Waals surface area (Å²) in [5, 5.41) is 11.4. The first-order chi connectivity index (χ1) is 18.7. The van der Waals surface area contributed by atoms with Crippen LogP contribution in [0.4, 0.5) is 17.1 Å². The number of halogens is 1. The van der Waals surface area contributed by atoms with Crippen molar-refractivity contribution in [3.63, 3.8) is 0 Å². The van der Waals surface area contributed by atoms with Gasteiger partial charge in [0.2, 0.25) is 0 Å². The Morgan fingerprint density at radius 1 is 0.974 bits per heavy atom. The molecule has 3 atom stereocenters. The molecule has 0 spiro atoms. The van der Waals surface area contributed by atoms with Gasteiger partial charge in [0.05, 0.1) is 25.0 Å². The zero-order valence-electron chi connectivity index (χ0n) is 23.7. The molecule has 10 heteroatoms. The summed E-state index contributed by atoms with van der Waals surface area (Å²) in [6.45, 7) is 10.5. The van der Waals surface area contributed by atoms with Gasteiger partial charge in [-0.05, 0) is 57.5 Å². The van der Waals surface area contributed by atoms with Crippen LogP contribution in [0.2, 0.25) is 0 Å². The second-order valence-corrected chi connectivity index (χ2v) is 15.2. The van der Waals surface area contributed by atoms with Crippen LogP contribution in [0.5, 0.6) is 5.75 Å². The average Bonchev–Trinajstić information content (AvgIpc) is 3.27. The molecule has 2 aromatic carbocycles. The van der Waals surface area contributed by atoms with Gasteiger partial charge in [-0.2, -0.15) is 0 Å². The minimum absolute atomic E-state index is 0.0104. The van der Waals surface area contributed by atoms with Crippen LogP contribution in [0, 0.1) is 0 Å². The highest BCUT2D eigenvalue weighted by molar-refractivity contribution is 7.70. The molecule has 2 aromatic rings. The zero-order chi connectivity index (χ0) is 27.6. The summed E-state index contributed by atoms with van der Waals surface area (Å²) >= 11 is 6.70. The van der Waals surface area contributed by atoms with Gasteiger partial charge < -0.3 is 29.7 Å². The maximum absolute atomic E-state index is 12.8. The molecular formula is C29H44ClN6O2P. The van der Waals surface area contributed by atoms with Crippen molar-refractivity contribution in [3.05, 3.63) is 42.5 Å². The highest BCUT2D eigenvalue weighted by Gasteiger charge is 2.34. The van der Waals surface area contributed by atoms with E-state index >= 15 is 0 Å². The number of nitrogens with one attached hydrogen (secondary N) is 3. The second-order valence-electron chi connectivity index (χ2n) is 11.6. The van der Waals surface area contributed by atoms with Crippen LogP contribution in [-0.2, 0) is 4.57 Å². The molecule has 3 N–H and O–H groups in total. The third kappa shape index (κ3) is 6.86. The molecule has 3 aliphatic heterocycles. The molecule has 0 aliphatic carbocycles. The fourth-order valence-electron chi connectivity index (χ4n) is 6.11. The van der Waals surface area contributed by atoms with Crippen molar-refractivity contribution in [2.75, 3.05) is 82.3 Å². The van der Waals surface area contributed by atoms with Crippen LogP contribution in [0.3, 0.4) is 0 Å². The molecule has 0 amide bonds. The number of piperidine rings is 1. The number of piperazine rings is 1. The van der Waals surface area contributed by atoms with Gasteiger partial charge in [-0.15, -0.1) is 11.6 Å². The Balaban J connectivity index is 1.18. The lowest BCUT2D eigenvalue weighted by molar-refractivity contribution is 0.0982. The first kappa shape index (κ1) is 28.6. The summed E-state index contributed by atoms with van der Waals surface area (Å²) in [4.78, 5) is 7.60. The number of hydrogen-bond donors (Lipinski definition) is 3. The second kappa shape index (κ2) is 12.3. The van der Waals surface area contributed by atoms with Crippen LogP contribution in [-0.4, -0.2) is 100 Å². The molecule has 0 saturated carbocycles. The molecule has 3 unspecified atom stereocenters. The Morgan fingerprint density at radius 3 is 2.38 bits per heavy atom. The fraction of sp³-hybridized carbons (Fsp3) is 0.586. The van der Waals surface area contributed by atoms with Crippen molar-refractivity contribution in [2.24, 2.45) is 0 Å². The highest BCUT2D eigenvalue weighted by Crippen LogP contribution is 2.38. The van der Waals surface area contributed by atoms with Gasteiger partial charge in [0.25, 0.3) is 0 Å². The van der Waals surface area contributed by atoms with Crippen molar-refractivity contribution in [1.82, 2.24) is 15.1 Å². The van der Waals surface area contributed by atoms with Crippen LogP contribution in [0.15, 0.2) is 42.5 Å². The van der Waals surface area contributed by atoms with E-state index in [2.05, 4.69) is 55.9 Å². The largest absolute Gasteiger partial charge is 0.495 e. The van der Waals surface area contributed by atoms with Crippen LogP contribution in [0.1, 0.15) is 19.3 Å². The minimum atomic E-state index is -2.41. The van der Waals surface area contributed by atoms with Crippen molar-refractivity contribution >= 4 is 41.1 Å². The van der Waals surface area contributed by atoms with E-state index in [1.54, 1.807) is 20.4 Å². The topological polar surface area (TPSA) is 72.1 Å². The molecule has 214 valence electrons. The van der Waals surface area contributed by atoms with Gasteiger partial charge in [0.1, 0.15) is 18.4 Å². The van der Waals surface area contributed by atoms with Crippen molar-refractivity contribution < 1.29 is 9.30 Å². The molecule has 3 fully saturated rings.